The van der Waals surface area contributed by atoms with Crippen molar-refractivity contribution in [3.63, 3.8) is 0 Å². The van der Waals surface area contributed by atoms with Crippen LogP contribution >= 0.6 is 11.3 Å². The minimum absolute atomic E-state index is 0.256. The van der Waals surface area contributed by atoms with Gasteiger partial charge in [0.15, 0.2) is 5.82 Å². The summed E-state index contributed by atoms with van der Waals surface area (Å²) >= 11 is 1.25. The summed E-state index contributed by atoms with van der Waals surface area (Å²) in [5.74, 6) is 2.06. The van der Waals surface area contributed by atoms with E-state index in [4.69, 9.17) is 13.9 Å². The fourth-order valence-electron chi connectivity index (χ4n) is 3.58. The van der Waals surface area contributed by atoms with E-state index in [2.05, 4.69) is 17.0 Å². The second-order valence-corrected chi connectivity index (χ2v) is 8.93. The zero-order chi connectivity index (χ0) is 25.1. The number of carbonyl (C=O) groups is 1. The van der Waals surface area contributed by atoms with Gasteiger partial charge >= 0.3 is 5.97 Å². The molecule has 0 unspecified atom stereocenters. The highest BCUT2D eigenvalue weighted by molar-refractivity contribution is 7.15. The third-order valence-corrected chi connectivity index (χ3v) is 6.31. The maximum absolute atomic E-state index is 12.9. The summed E-state index contributed by atoms with van der Waals surface area (Å²) in [5.41, 5.74) is 1.84. The summed E-state index contributed by atoms with van der Waals surface area (Å²) in [6, 6.07) is 18.1. The van der Waals surface area contributed by atoms with Crippen LogP contribution in [0.25, 0.3) is 33.7 Å². The first-order valence-electron chi connectivity index (χ1n) is 11.6. The number of benzene rings is 2. The molecule has 0 aliphatic carbocycles. The van der Waals surface area contributed by atoms with Crippen molar-refractivity contribution in [2.24, 2.45) is 0 Å². The molecule has 36 heavy (non-hydrogen) atoms. The monoisotopic (exact) mass is 501 g/mol. The largest absolute Gasteiger partial charge is 0.494 e. The van der Waals surface area contributed by atoms with Crippen LogP contribution in [0.15, 0.2) is 69.9 Å². The zero-order valence-electron chi connectivity index (χ0n) is 19.8. The third kappa shape index (κ3) is 4.78. The van der Waals surface area contributed by atoms with Crippen molar-refractivity contribution in [3.05, 3.63) is 86.9 Å². The Morgan fingerprint density at radius 1 is 1.03 bits per heavy atom. The van der Waals surface area contributed by atoms with Gasteiger partial charge in [-0.1, -0.05) is 30.4 Å². The number of esters is 1. The number of hydrogen-bond acceptors (Lipinski definition) is 8. The number of furan rings is 1. The first-order chi connectivity index (χ1) is 17.6. The van der Waals surface area contributed by atoms with Crippen molar-refractivity contribution in [3.8, 4) is 28.5 Å². The standard InChI is InChI=1S/C27H23N3O5S/c1-3-15-34-20-11-9-18(10-12-20)24-28-27-30(29-24)25(31)23(36-27)16-21-13-14-22(35-21)17-5-7-19(8-6-17)26(32)33-4-2/h5-14,16H,3-4,15H2,1-2H3/b23-16-. The number of carbonyl (C=O) groups excluding carboxylic acids is 1. The first kappa shape index (κ1) is 23.5. The molecule has 182 valence electrons. The topological polar surface area (TPSA) is 95.9 Å². The average Bonchev–Trinajstić information content (AvgIpc) is 3.61. The highest BCUT2D eigenvalue weighted by Crippen LogP contribution is 2.24. The second-order valence-electron chi connectivity index (χ2n) is 7.92. The van der Waals surface area contributed by atoms with E-state index >= 15 is 0 Å². The molecule has 0 radical (unpaired) electrons. The number of rotatable bonds is 8. The molecule has 2 aromatic carbocycles. The number of ether oxygens (including phenoxy) is 2. The summed E-state index contributed by atoms with van der Waals surface area (Å²) in [6.07, 6.45) is 2.62. The lowest BCUT2D eigenvalue weighted by Gasteiger charge is -2.04. The van der Waals surface area contributed by atoms with E-state index in [-0.39, 0.29) is 11.5 Å². The highest BCUT2D eigenvalue weighted by Gasteiger charge is 2.13. The molecule has 3 heterocycles. The Morgan fingerprint density at radius 2 is 1.78 bits per heavy atom. The van der Waals surface area contributed by atoms with Crippen LogP contribution in [0.3, 0.4) is 0 Å². The molecule has 0 aliphatic heterocycles. The van der Waals surface area contributed by atoms with Gasteiger partial charge in [-0.15, -0.1) is 5.10 Å². The number of hydrogen-bond donors (Lipinski definition) is 0. The van der Waals surface area contributed by atoms with Crippen LogP contribution in [0.5, 0.6) is 5.75 Å². The summed E-state index contributed by atoms with van der Waals surface area (Å²) < 4.78 is 18.3. The molecule has 5 rings (SSSR count). The molecule has 3 aromatic heterocycles. The van der Waals surface area contributed by atoms with Crippen LogP contribution in [0.1, 0.15) is 36.4 Å². The third-order valence-electron chi connectivity index (χ3n) is 5.35. The molecule has 0 N–H and O–H groups in total. The molecule has 5 aromatic rings. The Bertz CT molecular complexity index is 1610. The van der Waals surface area contributed by atoms with Gasteiger partial charge in [0.2, 0.25) is 4.96 Å². The van der Waals surface area contributed by atoms with Gasteiger partial charge in [-0.2, -0.15) is 9.50 Å². The molecule has 0 saturated heterocycles. The fraction of sp³-hybridized carbons (Fsp3) is 0.185. The van der Waals surface area contributed by atoms with E-state index in [1.54, 1.807) is 43.3 Å². The average molecular weight is 502 g/mol. The zero-order valence-corrected chi connectivity index (χ0v) is 20.6. The quantitative estimate of drug-likeness (QED) is 0.287. The lowest BCUT2D eigenvalue weighted by molar-refractivity contribution is 0.0526. The molecule has 8 nitrogen and oxygen atoms in total. The predicted molar refractivity (Wildman–Crippen MR) is 137 cm³/mol. The van der Waals surface area contributed by atoms with Gasteiger partial charge in [-0.25, -0.2) is 4.79 Å². The SMILES string of the molecule is CCCOc1ccc(-c2nc3s/c(=C\c4ccc(-c5ccc(C(=O)OCC)cc5)o4)c(=O)n3n2)cc1. The van der Waals surface area contributed by atoms with Crippen molar-refractivity contribution in [2.45, 2.75) is 20.3 Å². The Kier molecular flexibility index (Phi) is 6.64. The van der Waals surface area contributed by atoms with Crippen molar-refractivity contribution in [1.29, 1.82) is 0 Å². The molecule has 0 amide bonds. The van der Waals surface area contributed by atoms with Crippen LogP contribution in [-0.2, 0) is 4.74 Å². The number of nitrogens with zero attached hydrogens (tertiary/aromatic N) is 3. The maximum atomic E-state index is 12.9. The van der Waals surface area contributed by atoms with Crippen molar-refractivity contribution in [2.75, 3.05) is 13.2 Å². The molecule has 0 atom stereocenters. The van der Waals surface area contributed by atoms with Crippen molar-refractivity contribution in [1.82, 2.24) is 14.6 Å². The number of thiazole rings is 1. The highest BCUT2D eigenvalue weighted by atomic mass is 32.1. The van der Waals surface area contributed by atoms with Crippen LogP contribution in [-0.4, -0.2) is 33.8 Å². The van der Waals surface area contributed by atoms with Gasteiger partial charge in [0.05, 0.1) is 18.8 Å². The number of fused-ring (bicyclic) bond motifs is 1. The van der Waals surface area contributed by atoms with Crippen LogP contribution in [0.2, 0.25) is 0 Å². The van der Waals surface area contributed by atoms with Gasteiger partial charge in [0.1, 0.15) is 21.8 Å². The summed E-state index contributed by atoms with van der Waals surface area (Å²) in [4.78, 5) is 29.8. The molecular formula is C27H23N3O5S. The van der Waals surface area contributed by atoms with Crippen molar-refractivity contribution < 1.29 is 18.7 Å². The van der Waals surface area contributed by atoms with Gasteiger partial charge in [-0.3, -0.25) is 4.79 Å². The maximum Gasteiger partial charge on any atom is 0.338 e. The molecular weight excluding hydrogens is 478 g/mol. The normalized spacial score (nSPS) is 11.8. The van der Waals surface area contributed by atoms with Gasteiger partial charge < -0.3 is 13.9 Å². The molecule has 0 fully saturated rings. The van der Waals surface area contributed by atoms with Crippen LogP contribution in [0, 0.1) is 0 Å². The van der Waals surface area contributed by atoms with E-state index in [9.17, 15) is 9.59 Å². The first-order valence-corrected chi connectivity index (χ1v) is 12.4. The lowest BCUT2D eigenvalue weighted by Crippen LogP contribution is -2.23. The summed E-state index contributed by atoms with van der Waals surface area (Å²) in [5, 5.41) is 4.40. The smallest absolute Gasteiger partial charge is 0.338 e. The Hall–Kier alpha value is -4.24. The van der Waals surface area contributed by atoms with E-state index in [0.717, 1.165) is 23.3 Å². The summed E-state index contributed by atoms with van der Waals surface area (Å²) in [7, 11) is 0. The van der Waals surface area contributed by atoms with Crippen LogP contribution < -0.4 is 14.8 Å². The van der Waals surface area contributed by atoms with Gasteiger partial charge in [0.25, 0.3) is 5.56 Å². The predicted octanol–water partition coefficient (Wildman–Crippen LogP) is 4.59. The molecule has 0 spiro atoms. The fourth-order valence-corrected chi connectivity index (χ4v) is 4.46. The lowest BCUT2D eigenvalue weighted by atomic mass is 10.1. The number of aromatic nitrogens is 3. The summed E-state index contributed by atoms with van der Waals surface area (Å²) in [6.45, 7) is 4.81. The van der Waals surface area contributed by atoms with Gasteiger partial charge in [0, 0.05) is 17.2 Å². The van der Waals surface area contributed by atoms with E-state index < -0.39 is 0 Å². The Labute approximate surface area is 210 Å². The van der Waals surface area contributed by atoms with E-state index in [0.29, 0.717) is 45.6 Å². The van der Waals surface area contributed by atoms with Gasteiger partial charge in [-0.05, 0) is 61.9 Å². The minimum Gasteiger partial charge on any atom is -0.494 e. The van der Waals surface area contributed by atoms with E-state index in [1.807, 2.05) is 30.3 Å². The second kappa shape index (κ2) is 10.2. The molecule has 0 bridgehead atoms. The molecule has 9 heteroatoms. The Balaban J connectivity index is 1.37. The van der Waals surface area contributed by atoms with E-state index in [1.165, 1.54) is 15.9 Å². The molecule has 0 saturated carbocycles. The Morgan fingerprint density at radius 3 is 2.47 bits per heavy atom. The minimum atomic E-state index is -0.363. The molecule has 0 aliphatic rings. The van der Waals surface area contributed by atoms with Crippen LogP contribution in [0.4, 0.5) is 0 Å². The van der Waals surface area contributed by atoms with Crippen molar-refractivity contribution >= 4 is 28.3 Å².